The average molecular weight is 437 g/mol. The van der Waals surface area contributed by atoms with Crippen molar-refractivity contribution in [2.45, 2.75) is 52.9 Å². The Balaban J connectivity index is 2.04. The number of nitrogens with zero attached hydrogens (tertiary/aromatic N) is 1. The number of primary amides is 1. The van der Waals surface area contributed by atoms with Crippen molar-refractivity contribution in [3.63, 3.8) is 0 Å². The lowest BCUT2D eigenvalue weighted by Gasteiger charge is -2.29. The summed E-state index contributed by atoms with van der Waals surface area (Å²) in [4.78, 5) is 14.1. The van der Waals surface area contributed by atoms with Crippen molar-refractivity contribution in [1.29, 1.82) is 0 Å². The number of benzene rings is 2. The van der Waals surface area contributed by atoms with Gasteiger partial charge < -0.3 is 15.4 Å². The van der Waals surface area contributed by atoms with Crippen molar-refractivity contribution in [3.05, 3.63) is 72.3 Å². The van der Waals surface area contributed by atoms with Crippen LogP contribution in [0.4, 0.5) is 5.69 Å². The Kier molecular flexibility index (Phi) is 10.9. The maximum atomic E-state index is 11.8. The molecule has 0 aliphatic heterocycles. The zero-order valence-electron chi connectivity index (χ0n) is 20.1. The molecule has 174 valence electrons. The van der Waals surface area contributed by atoms with Gasteiger partial charge in [-0.1, -0.05) is 56.7 Å². The summed E-state index contributed by atoms with van der Waals surface area (Å²) in [6.45, 7) is 13.0. The predicted molar refractivity (Wildman–Crippen MR) is 135 cm³/mol. The van der Waals surface area contributed by atoms with Gasteiger partial charge in [0, 0.05) is 18.7 Å². The monoisotopic (exact) mass is 436 g/mol. The van der Waals surface area contributed by atoms with Crippen molar-refractivity contribution in [2.75, 3.05) is 24.6 Å². The molecule has 0 saturated heterocycles. The number of anilines is 1. The molecule has 4 heteroatoms. The zero-order chi connectivity index (χ0) is 23.3. The number of nitrogens with two attached hydrogens (primary N) is 1. The number of carbonyl (C=O) groups is 1. The van der Waals surface area contributed by atoms with Gasteiger partial charge in [0.05, 0.1) is 12.3 Å². The molecule has 2 rings (SSSR count). The SMILES string of the molecule is C=C[C@H](C)[C@H](CC)CCN(CC)c1cc(C(N)=O)ccc1OCCCCc1ccccc1. The first kappa shape index (κ1) is 25.5. The second-order valence-corrected chi connectivity index (χ2v) is 8.47. The van der Waals surface area contributed by atoms with E-state index >= 15 is 0 Å². The quantitative estimate of drug-likeness (QED) is 0.265. The van der Waals surface area contributed by atoms with Gasteiger partial charge in [-0.25, -0.2) is 0 Å². The van der Waals surface area contributed by atoms with E-state index in [0.29, 0.717) is 24.0 Å². The molecule has 2 N–H and O–H groups in total. The van der Waals surface area contributed by atoms with Gasteiger partial charge >= 0.3 is 0 Å². The fourth-order valence-corrected chi connectivity index (χ4v) is 4.10. The number of aryl methyl sites for hydroxylation is 1. The summed E-state index contributed by atoms with van der Waals surface area (Å²) < 4.78 is 6.18. The maximum Gasteiger partial charge on any atom is 0.248 e. The predicted octanol–water partition coefficient (Wildman–Crippen LogP) is 6.25. The highest BCUT2D eigenvalue weighted by Gasteiger charge is 2.18. The molecule has 0 spiro atoms. The van der Waals surface area contributed by atoms with Crippen LogP contribution >= 0.6 is 0 Å². The van der Waals surface area contributed by atoms with Crippen LogP contribution in [0.1, 0.15) is 62.4 Å². The normalized spacial score (nSPS) is 12.7. The van der Waals surface area contributed by atoms with Crippen molar-refractivity contribution in [2.24, 2.45) is 17.6 Å². The molecule has 2 aromatic carbocycles. The number of rotatable bonds is 15. The van der Waals surface area contributed by atoms with E-state index in [9.17, 15) is 4.79 Å². The van der Waals surface area contributed by atoms with E-state index < -0.39 is 5.91 Å². The number of hydrogen-bond donors (Lipinski definition) is 1. The number of ether oxygens (including phenoxy) is 1. The fourth-order valence-electron chi connectivity index (χ4n) is 4.10. The molecule has 32 heavy (non-hydrogen) atoms. The van der Waals surface area contributed by atoms with E-state index in [0.717, 1.165) is 56.6 Å². The molecule has 0 aliphatic rings. The maximum absolute atomic E-state index is 11.8. The molecule has 0 heterocycles. The van der Waals surface area contributed by atoms with E-state index in [1.165, 1.54) is 5.56 Å². The van der Waals surface area contributed by atoms with Crippen molar-refractivity contribution < 1.29 is 9.53 Å². The first-order valence-corrected chi connectivity index (χ1v) is 12.0. The standard InChI is InChI=1S/C28H40N2O2/c1-5-22(4)24(6-2)18-19-30(7-3)26-21-25(28(29)31)16-17-27(26)32-20-12-11-15-23-13-9-8-10-14-23/h5,8-10,13-14,16-17,21-22,24H,1,6-7,11-12,15,18-20H2,2-4H3,(H2,29,31)/t22-,24+/m0/s1. The summed E-state index contributed by atoms with van der Waals surface area (Å²) in [7, 11) is 0. The number of hydrogen-bond acceptors (Lipinski definition) is 3. The Labute approximate surface area is 194 Å². The molecule has 0 bridgehead atoms. The highest BCUT2D eigenvalue weighted by molar-refractivity contribution is 5.94. The van der Waals surface area contributed by atoms with Crippen LogP contribution in [-0.4, -0.2) is 25.6 Å². The Morgan fingerprint density at radius 2 is 1.91 bits per heavy atom. The van der Waals surface area contributed by atoms with E-state index in [1.54, 1.807) is 6.07 Å². The zero-order valence-corrected chi connectivity index (χ0v) is 20.1. The number of amides is 1. The van der Waals surface area contributed by atoms with E-state index in [4.69, 9.17) is 10.5 Å². The summed E-state index contributed by atoms with van der Waals surface area (Å²) in [5.41, 5.74) is 8.39. The van der Waals surface area contributed by atoms with Crippen molar-refractivity contribution >= 4 is 11.6 Å². The Hall–Kier alpha value is -2.75. The fraction of sp³-hybridized carbons (Fsp3) is 0.464. The lowest BCUT2D eigenvalue weighted by atomic mass is 9.88. The molecule has 0 radical (unpaired) electrons. The van der Waals surface area contributed by atoms with Gasteiger partial charge in [-0.2, -0.15) is 0 Å². The third kappa shape index (κ3) is 7.74. The van der Waals surface area contributed by atoms with Crippen LogP contribution in [0.25, 0.3) is 0 Å². The van der Waals surface area contributed by atoms with Gasteiger partial charge in [-0.3, -0.25) is 4.79 Å². The van der Waals surface area contributed by atoms with E-state index in [1.807, 2.05) is 24.3 Å². The molecule has 0 saturated carbocycles. The number of unbranched alkanes of at least 4 members (excludes halogenated alkanes) is 1. The molecule has 0 unspecified atom stereocenters. The van der Waals surface area contributed by atoms with Crippen LogP contribution in [0.2, 0.25) is 0 Å². The summed E-state index contributed by atoms with van der Waals surface area (Å²) in [5.74, 6) is 1.48. The first-order chi connectivity index (χ1) is 15.5. The molecular weight excluding hydrogens is 396 g/mol. The molecule has 1 amide bonds. The highest BCUT2D eigenvalue weighted by Crippen LogP contribution is 2.31. The van der Waals surface area contributed by atoms with Crippen molar-refractivity contribution in [1.82, 2.24) is 0 Å². The second-order valence-electron chi connectivity index (χ2n) is 8.47. The minimum Gasteiger partial charge on any atom is -0.491 e. The summed E-state index contributed by atoms with van der Waals surface area (Å²) in [6, 6.07) is 16.1. The molecule has 0 aliphatic carbocycles. The topological polar surface area (TPSA) is 55.6 Å². The van der Waals surface area contributed by atoms with Gasteiger partial charge in [0.25, 0.3) is 0 Å². The smallest absolute Gasteiger partial charge is 0.248 e. The molecule has 0 fully saturated rings. The third-order valence-corrected chi connectivity index (χ3v) is 6.34. The third-order valence-electron chi connectivity index (χ3n) is 6.34. The Morgan fingerprint density at radius 3 is 2.53 bits per heavy atom. The lowest BCUT2D eigenvalue weighted by Crippen LogP contribution is -2.28. The van der Waals surface area contributed by atoms with Crippen LogP contribution in [0, 0.1) is 11.8 Å². The highest BCUT2D eigenvalue weighted by atomic mass is 16.5. The number of allylic oxidation sites excluding steroid dienone is 1. The van der Waals surface area contributed by atoms with E-state index in [2.05, 4.69) is 56.5 Å². The van der Waals surface area contributed by atoms with Gasteiger partial charge in [-0.05, 0) is 68.2 Å². The van der Waals surface area contributed by atoms with Gasteiger partial charge in [-0.15, -0.1) is 6.58 Å². The van der Waals surface area contributed by atoms with Crippen LogP contribution in [0.15, 0.2) is 61.2 Å². The van der Waals surface area contributed by atoms with Gasteiger partial charge in [0.2, 0.25) is 5.91 Å². The summed E-state index contributed by atoms with van der Waals surface area (Å²) in [5, 5.41) is 0. The largest absolute Gasteiger partial charge is 0.491 e. The number of carbonyl (C=O) groups excluding carboxylic acids is 1. The summed E-state index contributed by atoms with van der Waals surface area (Å²) in [6.07, 6.45) is 7.34. The minimum absolute atomic E-state index is 0.413. The second kappa shape index (κ2) is 13.6. The molecule has 2 atom stereocenters. The van der Waals surface area contributed by atoms with E-state index in [-0.39, 0.29) is 0 Å². The Bertz CT molecular complexity index is 835. The molecule has 0 aromatic heterocycles. The van der Waals surface area contributed by atoms with Crippen LogP contribution in [-0.2, 0) is 6.42 Å². The van der Waals surface area contributed by atoms with Gasteiger partial charge in [0.1, 0.15) is 5.75 Å². The van der Waals surface area contributed by atoms with Crippen molar-refractivity contribution in [3.8, 4) is 5.75 Å². The van der Waals surface area contributed by atoms with Crippen LogP contribution < -0.4 is 15.4 Å². The first-order valence-electron chi connectivity index (χ1n) is 12.0. The lowest BCUT2D eigenvalue weighted by molar-refractivity contribution is 0.100. The Morgan fingerprint density at radius 1 is 1.16 bits per heavy atom. The molecule has 2 aromatic rings. The van der Waals surface area contributed by atoms with Crippen LogP contribution in [0.3, 0.4) is 0 Å². The minimum atomic E-state index is -0.413. The summed E-state index contributed by atoms with van der Waals surface area (Å²) >= 11 is 0. The molecular formula is C28H40N2O2. The average Bonchev–Trinajstić information content (AvgIpc) is 2.82. The molecule has 4 nitrogen and oxygen atoms in total. The van der Waals surface area contributed by atoms with Gasteiger partial charge in [0.15, 0.2) is 0 Å². The van der Waals surface area contributed by atoms with Crippen LogP contribution in [0.5, 0.6) is 5.75 Å².